The highest BCUT2D eigenvalue weighted by molar-refractivity contribution is 5.95. The molecule has 4 atom stereocenters. The summed E-state index contributed by atoms with van der Waals surface area (Å²) in [5.74, 6) is -1.75. The molecule has 1 saturated carbocycles. The number of nitrogens with zero attached hydrogens (tertiary/aromatic N) is 2. The number of rotatable bonds is 3. The summed E-state index contributed by atoms with van der Waals surface area (Å²) in [6.07, 6.45) is 4.66. The van der Waals surface area contributed by atoms with Gasteiger partial charge in [0.1, 0.15) is 0 Å². The van der Waals surface area contributed by atoms with Crippen LogP contribution < -0.4 is 5.32 Å². The van der Waals surface area contributed by atoms with Gasteiger partial charge in [0.2, 0.25) is 5.91 Å². The molecule has 0 radical (unpaired) electrons. The smallest absolute Gasteiger partial charge is 0.307 e. The Hall–Kier alpha value is -2.11. The van der Waals surface area contributed by atoms with Gasteiger partial charge in [0.25, 0.3) is 0 Å². The van der Waals surface area contributed by atoms with Crippen LogP contribution in [0.2, 0.25) is 0 Å². The monoisotopic (exact) mass is 275 g/mol. The number of carboxylic acid groups (broad SMARTS) is 1. The number of amides is 1. The maximum absolute atomic E-state index is 12.4. The minimum atomic E-state index is -0.890. The number of allylic oxidation sites excluding steroid dienone is 2. The number of hydrogen-bond acceptors (Lipinski definition) is 3. The van der Waals surface area contributed by atoms with E-state index in [2.05, 4.69) is 10.4 Å². The highest BCUT2D eigenvalue weighted by Gasteiger charge is 2.51. The molecule has 2 aliphatic rings. The van der Waals surface area contributed by atoms with Crippen LogP contribution in [0, 0.1) is 30.6 Å². The van der Waals surface area contributed by atoms with Crippen molar-refractivity contribution in [1.82, 2.24) is 9.78 Å². The molecule has 106 valence electrons. The summed E-state index contributed by atoms with van der Waals surface area (Å²) < 4.78 is 1.67. The molecule has 2 N–H and O–H groups in total. The topological polar surface area (TPSA) is 84.2 Å². The summed E-state index contributed by atoms with van der Waals surface area (Å²) in [4.78, 5) is 23.8. The zero-order valence-electron chi connectivity index (χ0n) is 11.4. The Balaban J connectivity index is 1.79. The Morgan fingerprint density at radius 1 is 1.35 bits per heavy atom. The van der Waals surface area contributed by atoms with Crippen LogP contribution in [-0.2, 0) is 16.6 Å². The Bertz CT molecular complexity index is 585. The van der Waals surface area contributed by atoms with Crippen molar-refractivity contribution in [3.63, 3.8) is 0 Å². The molecule has 1 heterocycles. The standard InChI is InChI=1S/C14H17N3O3/c1-7-5-10(16-17(7)2)15-13(18)11-8-3-4-9(6-8)12(11)14(19)20/h3-5,8-9,11-12H,6H2,1-2H3,(H,19,20)(H,15,16,18)/t8-,9+,11+,12+/m1/s1. The molecule has 0 aliphatic heterocycles. The molecule has 1 amide bonds. The quantitative estimate of drug-likeness (QED) is 0.812. The number of nitrogens with one attached hydrogen (secondary N) is 1. The predicted molar refractivity (Wildman–Crippen MR) is 71.9 cm³/mol. The molecule has 0 spiro atoms. The molecule has 0 saturated heterocycles. The Morgan fingerprint density at radius 2 is 2.00 bits per heavy atom. The SMILES string of the molecule is Cc1cc(NC(=O)[C@@H]2[C@@H](C(=O)O)[C@H]3C=C[C@@H]2C3)nn1C. The summed E-state index contributed by atoms with van der Waals surface area (Å²) in [7, 11) is 1.80. The van der Waals surface area contributed by atoms with Gasteiger partial charge in [-0.25, -0.2) is 0 Å². The molecule has 2 aliphatic carbocycles. The largest absolute Gasteiger partial charge is 0.481 e. The Labute approximate surface area is 116 Å². The zero-order valence-corrected chi connectivity index (χ0v) is 11.4. The number of carbonyl (C=O) groups is 2. The number of aromatic nitrogens is 2. The number of carboxylic acids is 1. The average Bonchev–Trinajstić information content (AvgIpc) is 3.04. The van der Waals surface area contributed by atoms with Gasteiger partial charge in [-0.3, -0.25) is 14.3 Å². The van der Waals surface area contributed by atoms with E-state index in [1.807, 2.05) is 19.1 Å². The summed E-state index contributed by atoms with van der Waals surface area (Å²) in [6, 6.07) is 1.77. The van der Waals surface area contributed by atoms with Crippen LogP contribution in [0.4, 0.5) is 5.82 Å². The molecule has 20 heavy (non-hydrogen) atoms. The van der Waals surface area contributed by atoms with E-state index in [0.717, 1.165) is 12.1 Å². The van der Waals surface area contributed by atoms with Gasteiger partial charge in [-0.15, -0.1) is 0 Å². The molecular formula is C14H17N3O3. The molecule has 0 unspecified atom stereocenters. The molecule has 1 aromatic rings. The fourth-order valence-electron chi connectivity index (χ4n) is 3.35. The lowest BCUT2D eigenvalue weighted by Gasteiger charge is -2.23. The third kappa shape index (κ3) is 1.92. The van der Waals surface area contributed by atoms with Crippen molar-refractivity contribution < 1.29 is 14.7 Å². The summed E-state index contributed by atoms with van der Waals surface area (Å²) in [5.41, 5.74) is 0.933. The van der Waals surface area contributed by atoms with E-state index in [0.29, 0.717) is 5.82 Å². The fourth-order valence-corrected chi connectivity index (χ4v) is 3.35. The van der Waals surface area contributed by atoms with Crippen LogP contribution in [-0.4, -0.2) is 26.8 Å². The second-order valence-corrected chi connectivity index (χ2v) is 5.62. The van der Waals surface area contributed by atoms with Gasteiger partial charge in [-0.05, 0) is 25.2 Å². The second kappa shape index (κ2) is 4.47. The summed E-state index contributed by atoms with van der Waals surface area (Å²) >= 11 is 0. The van der Waals surface area contributed by atoms with Crippen LogP contribution >= 0.6 is 0 Å². The van der Waals surface area contributed by atoms with Crippen molar-refractivity contribution >= 4 is 17.7 Å². The number of fused-ring (bicyclic) bond motifs is 2. The van der Waals surface area contributed by atoms with Crippen molar-refractivity contribution in [3.05, 3.63) is 23.9 Å². The number of hydrogen-bond donors (Lipinski definition) is 2. The van der Waals surface area contributed by atoms with Crippen molar-refractivity contribution in [2.45, 2.75) is 13.3 Å². The average molecular weight is 275 g/mol. The summed E-state index contributed by atoms with van der Waals surface area (Å²) in [5, 5.41) is 16.3. The third-order valence-corrected chi connectivity index (χ3v) is 4.41. The first-order valence-corrected chi connectivity index (χ1v) is 6.70. The summed E-state index contributed by atoms with van der Waals surface area (Å²) in [6.45, 7) is 1.89. The van der Waals surface area contributed by atoms with Crippen molar-refractivity contribution in [2.75, 3.05) is 5.32 Å². The number of anilines is 1. The lowest BCUT2D eigenvalue weighted by Crippen LogP contribution is -2.36. The molecular weight excluding hydrogens is 258 g/mol. The van der Waals surface area contributed by atoms with Gasteiger partial charge in [0.05, 0.1) is 11.8 Å². The molecule has 1 fully saturated rings. The Kier molecular flexibility index (Phi) is 2.88. The van der Waals surface area contributed by atoms with Crippen LogP contribution in [0.15, 0.2) is 18.2 Å². The van der Waals surface area contributed by atoms with E-state index in [1.165, 1.54) is 0 Å². The lowest BCUT2D eigenvalue weighted by molar-refractivity contribution is -0.146. The van der Waals surface area contributed by atoms with Crippen LogP contribution in [0.5, 0.6) is 0 Å². The third-order valence-electron chi connectivity index (χ3n) is 4.41. The number of aliphatic carboxylic acids is 1. The molecule has 3 rings (SSSR count). The van der Waals surface area contributed by atoms with Crippen LogP contribution in [0.3, 0.4) is 0 Å². The zero-order chi connectivity index (χ0) is 14.4. The Morgan fingerprint density at radius 3 is 2.55 bits per heavy atom. The van der Waals surface area contributed by atoms with E-state index < -0.39 is 17.8 Å². The maximum Gasteiger partial charge on any atom is 0.307 e. The maximum atomic E-state index is 12.4. The van der Waals surface area contributed by atoms with Gasteiger partial charge in [0.15, 0.2) is 5.82 Å². The predicted octanol–water partition coefficient (Wildman–Crippen LogP) is 1.19. The first-order chi connectivity index (χ1) is 9.47. The second-order valence-electron chi connectivity index (χ2n) is 5.62. The number of aryl methyl sites for hydroxylation is 2. The van der Waals surface area contributed by atoms with Gasteiger partial charge in [0, 0.05) is 18.8 Å². The first kappa shape index (κ1) is 12.9. The fraction of sp³-hybridized carbons (Fsp3) is 0.500. The van der Waals surface area contributed by atoms with Gasteiger partial charge in [-0.1, -0.05) is 12.2 Å². The highest BCUT2D eigenvalue weighted by atomic mass is 16.4. The van der Waals surface area contributed by atoms with Crippen LogP contribution in [0.1, 0.15) is 12.1 Å². The highest BCUT2D eigenvalue weighted by Crippen LogP contribution is 2.48. The molecule has 6 nitrogen and oxygen atoms in total. The van der Waals surface area contributed by atoms with Gasteiger partial charge >= 0.3 is 5.97 Å². The lowest BCUT2D eigenvalue weighted by atomic mass is 9.82. The van der Waals surface area contributed by atoms with E-state index >= 15 is 0 Å². The normalized spacial score (nSPS) is 30.7. The minimum absolute atomic E-state index is 0.0151. The first-order valence-electron chi connectivity index (χ1n) is 6.70. The van der Waals surface area contributed by atoms with E-state index in [1.54, 1.807) is 17.8 Å². The van der Waals surface area contributed by atoms with Crippen molar-refractivity contribution in [1.29, 1.82) is 0 Å². The minimum Gasteiger partial charge on any atom is -0.481 e. The van der Waals surface area contributed by atoms with E-state index in [4.69, 9.17) is 0 Å². The molecule has 0 aromatic carbocycles. The van der Waals surface area contributed by atoms with Gasteiger partial charge in [-0.2, -0.15) is 5.10 Å². The van der Waals surface area contributed by atoms with E-state index in [9.17, 15) is 14.7 Å². The van der Waals surface area contributed by atoms with Crippen molar-refractivity contribution in [2.24, 2.45) is 30.7 Å². The van der Waals surface area contributed by atoms with Gasteiger partial charge < -0.3 is 10.4 Å². The number of carbonyl (C=O) groups excluding carboxylic acids is 1. The molecule has 6 heteroatoms. The van der Waals surface area contributed by atoms with Crippen molar-refractivity contribution in [3.8, 4) is 0 Å². The van der Waals surface area contributed by atoms with E-state index in [-0.39, 0.29) is 17.7 Å². The van der Waals surface area contributed by atoms with Crippen LogP contribution in [0.25, 0.3) is 0 Å². The molecule has 2 bridgehead atoms. The molecule has 1 aromatic heterocycles.